The van der Waals surface area contributed by atoms with Crippen LogP contribution in [0.1, 0.15) is 87.9 Å². The third-order valence-electron chi connectivity index (χ3n) is 6.02. The van der Waals surface area contributed by atoms with Gasteiger partial charge < -0.3 is 14.9 Å². The highest BCUT2D eigenvalue weighted by molar-refractivity contribution is 5.88. The fraction of sp³-hybridized carbons (Fsp3) is 0.600. The van der Waals surface area contributed by atoms with Crippen molar-refractivity contribution < 1.29 is 24.5 Å². The second-order valence-corrected chi connectivity index (χ2v) is 8.24. The first-order chi connectivity index (χ1) is 14.5. The van der Waals surface area contributed by atoms with Gasteiger partial charge in [0.15, 0.2) is 0 Å². The Morgan fingerprint density at radius 2 is 1.93 bits per heavy atom. The Morgan fingerprint density at radius 1 is 1.20 bits per heavy atom. The first-order valence-corrected chi connectivity index (χ1v) is 11.2. The third kappa shape index (κ3) is 7.06. The zero-order valence-corrected chi connectivity index (χ0v) is 18.3. The number of esters is 1. The predicted molar refractivity (Wildman–Crippen MR) is 117 cm³/mol. The molecule has 0 radical (unpaired) electrons. The third-order valence-corrected chi connectivity index (χ3v) is 6.02. The van der Waals surface area contributed by atoms with Crippen LogP contribution in [0.2, 0.25) is 0 Å². The number of carbonyl (C=O) groups is 2. The Morgan fingerprint density at radius 3 is 2.60 bits per heavy atom. The van der Waals surface area contributed by atoms with Crippen LogP contribution in [-0.2, 0) is 14.3 Å². The van der Waals surface area contributed by atoms with Gasteiger partial charge in [0.25, 0.3) is 0 Å². The van der Waals surface area contributed by atoms with E-state index in [0.717, 1.165) is 44.1 Å². The SMILES string of the molecule is CCCCC(O)C(O)c1ccc([C@H]2C(=O)CC[C@@H]2C/C=C\CCCC(=O)OC)cc1. The minimum atomic E-state index is -0.895. The standard InChI is InChI=1S/C25H36O5/c1-3-4-10-22(27)25(29)20-14-12-19(13-15-20)24-18(16-17-21(24)26)9-7-5-6-8-11-23(28)30-2/h5,7,12-15,18,22,24-25,27,29H,3-4,6,8-11,16-17H2,1-2H3/b7-5-/t18-,22?,24-,25?/m0/s1. The lowest BCUT2D eigenvalue weighted by atomic mass is 9.85. The van der Waals surface area contributed by atoms with E-state index in [9.17, 15) is 19.8 Å². The zero-order valence-electron chi connectivity index (χ0n) is 18.3. The van der Waals surface area contributed by atoms with E-state index in [1.807, 2.05) is 24.3 Å². The summed E-state index contributed by atoms with van der Waals surface area (Å²) in [6, 6.07) is 7.51. The molecule has 1 saturated carbocycles. The van der Waals surface area contributed by atoms with Gasteiger partial charge >= 0.3 is 5.97 Å². The molecule has 1 aromatic rings. The van der Waals surface area contributed by atoms with Crippen LogP contribution < -0.4 is 0 Å². The lowest BCUT2D eigenvalue weighted by molar-refractivity contribution is -0.140. The number of ether oxygens (including phenoxy) is 1. The summed E-state index contributed by atoms with van der Waals surface area (Å²) in [4.78, 5) is 23.6. The Hall–Kier alpha value is -1.98. The van der Waals surface area contributed by atoms with Gasteiger partial charge in [-0.3, -0.25) is 9.59 Å². The number of allylic oxidation sites excluding steroid dienone is 2. The molecule has 0 heterocycles. The molecule has 30 heavy (non-hydrogen) atoms. The molecular weight excluding hydrogens is 380 g/mol. The summed E-state index contributed by atoms with van der Waals surface area (Å²) in [5.41, 5.74) is 1.68. The number of benzene rings is 1. The summed E-state index contributed by atoms with van der Waals surface area (Å²) in [5, 5.41) is 20.5. The molecule has 1 aliphatic carbocycles. The van der Waals surface area contributed by atoms with Crippen molar-refractivity contribution in [1.29, 1.82) is 0 Å². The van der Waals surface area contributed by atoms with Crippen molar-refractivity contribution in [1.82, 2.24) is 0 Å². The van der Waals surface area contributed by atoms with Crippen LogP contribution in [0.3, 0.4) is 0 Å². The number of unbranched alkanes of at least 4 members (excludes halogenated alkanes) is 2. The fourth-order valence-corrected chi connectivity index (χ4v) is 4.17. The molecule has 0 aromatic heterocycles. The second kappa shape index (κ2) is 12.7. The molecule has 2 unspecified atom stereocenters. The molecule has 0 spiro atoms. The van der Waals surface area contributed by atoms with E-state index >= 15 is 0 Å². The summed E-state index contributed by atoms with van der Waals surface area (Å²) in [6.45, 7) is 2.06. The van der Waals surface area contributed by atoms with Gasteiger partial charge in [-0.1, -0.05) is 56.2 Å². The average Bonchev–Trinajstić information content (AvgIpc) is 3.13. The van der Waals surface area contributed by atoms with Gasteiger partial charge in [-0.05, 0) is 49.1 Å². The lowest BCUT2D eigenvalue weighted by Crippen LogP contribution is -2.18. The molecule has 0 bridgehead atoms. The van der Waals surface area contributed by atoms with Crippen LogP contribution in [-0.4, -0.2) is 35.2 Å². The van der Waals surface area contributed by atoms with Gasteiger partial charge in [0.05, 0.1) is 13.2 Å². The fourth-order valence-electron chi connectivity index (χ4n) is 4.17. The molecular formula is C25H36O5. The number of aliphatic hydroxyl groups is 2. The van der Waals surface area contributed by atoms with Gasteiger partial charge in [-0.2, -0.15) is 0 Å². The largest absolute Gasteiger partial charge is 0.469 e. The molecule has 1 fully saturated rings. The van der Waals surface area contributed by atoms with Gasteiger partial charge in [0.2, 0.25) is 0 Å². The molecule has 5 heteroatoms. The minimum Gasteiger partial charge on any atom is -0.469 e. The van der Waals surface area contributed by atoms with E-state index in [4.69, 9.17) is 0 Å². The highest BCUT2D eigenvalue weighted by Crippen LogP contribution is 2.39. The van der Waals surface area contributed by atoms with Crippen molar-refractivity contribution >= 4 is 11.8 Å². The monoisotopic (exact) mass is 416 g/mol. The molecule has 2 rings (SSSR count). The van der Waals surface area contributed by atoms with Gasteiger partial charge in [0.1, 0.15) is 11.9 Å². The zero-order chi connectivity index (χ0) is 21.9. The van der Waals surface area contributed by atoms with E-state index in [1.165, 1.54) is 7.11 Å². The van der Waals surface area contributed by atoms with Crippen LogP contribution in [0.4, 0.5) is 0 Å². The number of hydrogen-bond donors (Lipinski definition) is 2. The predicted octanol–water partition coefficient (Wildman–Crippen LogP) is 4.62. The quantitative estimate of drug-likeness (QED) is 0.295. The molecule has 0 saturated heterocycles. The molecule has 0 amide bonds. The van der Waals surface area contributed by atoms with E-state index < -0.39 is 12.2 Å². The van der Waals surface area contributed by atoms with Gasteiger partial charge in [-0.25, -0.2) is 0 Å². The van der Waals surface area contributed by atoms with E-state index in [-0.39, 0.29) is 23.6 Å². The summed E-state index contributed by atoms with van der Waals surface area (Å²) in [5.74, 6) is 0.257. The summed E-state index contributed by atoms with van der Waals surface area (Å²) in [7, 11) is 1.40. The first kappa shape index (κ1) is 24.3. The maximum absolute atomic E-state index is 12.5. The first-order valence-electron chi connectivity index (χ1n) is 11.2. The molecule has 166 valence electrons. The number of Topliss-reactive ketones (excluding diaryl/α,β-unsaturated/α-hetero) is 1. The highest BCUT2D eigenvalue weighted by atomic mass is 16.5. The van der Waals surface area contributed by atoms with Crippen LogP contribution in [0.5, 0.6) is 0 Å². The maximum Gasteiger partial charge on any atom is 0.305 e. The Balaban J connectivity index is 1.92. The van der Waals surface area contributed by atoms with Crippen molar-refractivity contribution in [3.8, 4) is 0 Å². The van der Waals surface area contributed by atoms with Gasteiger partial charge in [0, 0.05) is 18.8 Å². The maximum atomic E-state index is 12.5. The van der Waals surface area contributed by atoms with Crippen LogP contribution in [0.25, 0.3) is 0 Å². The lowest BCUT2D eigenvalue weighted by Gasteiger charge is -2.20. The van der Waals surface area contributed by atoms with Crippen molar-refractivity contribution in [2.24, 2.45) is 5.92 Å². The smallest absolute Gasteiger partial charge is 0.305 e. The number of carbonyl (C=O) groups excluding carboxylic acids is 2. The van der Waals surface area contributed by atoms with Crippen molar-refractivity contribution in [2.45, 2.75) is 82.8 Å². The Labute approximate surface area is 180 Å². The molecule has 1 aromatic carbocycles. The van der Waals surface area contributed by atoms with Crippen LogP contribution in [0, 0.1) is 5.92 Å². The van der Waals surface area contributed by atoms with E-state index in [0.29, 0.717) is 24.8 Å². The number of hydrogen-bond acceptors (Lipinski definition) is 5. The Kier molecular flexibility index (Phi) is 10.2. The number of ketones is 1. The number of rotatable bonds is 12. The molecule has 4 atom stereocenters. The number of methoxy groups -OCH3 is 1. The molecule has 1 aliphatic rings. The Bertz CT molecular complexity index is 694. The normalized spacial score (nSPS) is 21.1. The molecule has 5 nitrogen and oxygen atoms in total. The summed E-state index contributed by atoms with van der Waals surface area (Å²) >= 11 is 0. The molecule has 0 aliphatic heterocycles. The average molecular weight is 417 g/mol. The number of aliphatic hydroxyl groups excluding tert-OH is 2. The highest BCUT2D eigenvalue weighted by Gasteiger charge is 2.35. The van der Waals surface area contributed by atoms with Crippen molar-refractivity contribution in [2.75, 3.05) is 7.11 Å². The second-order valence-electron chi connectivity index (χ2n) is 8.24. The van der Waals surface area contributed by atoms with E-state index in [1.54, 1.807) is 0 Å². The van der Waals surface area contributed by atoms with Crippen LogP contribution >= 0.6 is 0 Å². The van der Waals surface area contributed by atoms with Gasteiger partial charge in [-0.15, -0.1) is 0 Å². The van der Waals surface area contributed by atoms with Crippen molar-refractivity contribution in [3.05, 3.63) is 47.5 Å². The minimum absolute atomic E-state index is 0.110. The summed E-state index contributed by atoms with van der Waals surface area (Å²) in [6.07, 6.45) is 9.34. The molecule has 2 N–H and O–H groups in total. The summed E-state index contributed by atoms with van der Waals surface area (Å²) < 4.78 is 4.64. The van der Waals surface area contributed by atoms with Crippen molar-refractivity contribution in [3.63, 3.8) is 0 Å². The topological polar surface area (TPSA) is 83.8 Å². The van der Waals surface area contributed by atoms with E-state index in [2.05, 4.69) is 23.8 Å². The van der Waals surface area contributed by atoms with Crippen LogP contribution in [0.15, 0.2) is 36.4 Å².